The fraction of sp³-hybridized carbons (Fsp3) is 0.667. The van der Waals surface area contributed by atoms with Crippen LogP contribution in [0.3, 0.4) is 0 Å². The van der Waals surface area contributed by atoms with Gasteiger partial charge in [-0.15, -0.1) is 0 Å². The Hall–Kier alpha value is -2.06. The number of likely N-dealkylation sites (tertiary alicyclic amines) is 1. The first-order valence-electron chi connectivity index (χ1n) is 9.41. The fourth-order valence-electron chi connectivity index (χ4n) is 4.51. The van der Waals surface area contributed by atoms with Crippen molar-refractivity contribution in [2.75, 3.05) is 31.1 Å². The molecular weight excluding hydrogens is 332 g/mol. The highest BCUT2D eigenvalue weighted by atomic mass is 16.5. The molecule has 0 aliphatic carbocycles. The lowest BCUT2D eigenvalue weighted by Crippen LogP contribution is -2.62. The number of fused-ring (bicyclic) bond motifs is 1. The van der Waals surface area contributed by atoms with Gasteiger partial charge in [0.25, 0.3) is 0 Å². The second kappa shape index (κ2) is 7.28. The molecule has 0 amide bonds. The minimum atomic E-state index is -0.147. The third-order valence-electron chi connectivity index (χ3n) is 5.79. The van der Waals surface area contributed by atoms with E-state index in [0.29, 0.717) is 18.5 Å². The molecule has 0 spiro atoms. The van der Waals surface area contributed by atoms with E-state index >= 15 is 0 Å². The summed E-state index contributed by atoms with van der Waals surface area (Å²) in [6.45, 7) is 5.59. The monoisotopic (exact) mass is 358 g/mol. The van der Waals surface area contributed by atoms with Crippen LogP contribution in [0.15, 0.2) is 23.1 Å². The molecule has 0 radical (unpaired) electrons. The van der Waals surface area contributed by atoms with Crippen LogP contribution in [0.4, 0.5) is 5.82 Å². The molecule has 4 rings (SSSR count). The van der Waals surface area contributed by atoms with E-state index < -0.39 is 0 Å². The van der Waals surface area contributed by atoms with Crippen LogP contribution >= 0.6 is 0 Å². The molecule has 2 aromatic rings. The zero-order chi connectivity index (χ0) is 18.0. The molecule has 0 saturated carbocycles. The van der Waals surface area contributed by atoms with Gasteiger partial charge in [-0.25, -0.2) is 4.98 Å². The van der Waals surface area contributed by atoms with Crippen molar-refractivity contribution in [3.63, 3.8) is 0 Å². The minimum Gasteiger partial charge on any atom is -0.396 e. The zero-order valence-corrected chi connectivity index (χ0v) is 15.2. The topological polar surface area (TPSA) is 91.4 Å². The number of piperidine rings is 2. The van der Waals surface area contributed by atoms with E-state index in [2.05, 4.69) is 29.9 Å². The molecule has 2 aromatic heterocycles. The molecule has 8 heteroatoms. The van der Waals surface area contributed by atoms with Gasteiger partial charge in [0.1, 0.15) is 5.82 Å². The first kappa shape index (κ1) is 17.4. The van der Waals surface area contributed by atoms with Crippen LogP contribution in [0.2, 0.25) is 0 Å². The SMILES string of the molecule is CCc1nc(CN2CCC[C@@]3(CO)CN(c4cnccn4)CC[C@H]23)no1. The zero-order valence-electron chi connectivity index (χ0n) is 15.2. The van der Waals surface area contributed by atoms with Gasteiger partial charge in [-0.2, -0.15) is 4.98 Å². The van der Waals surface area contributed by atoms with E-state index in [0.717, 1.165) is 57.0 Å². The first-order chi connectivity index (χ1) is 12.7. The summed E-state index contributed by atoms with van der Waals surface area (Å²) in [4.78, 5) is 17.8. The maximum absolute atomic E-state index is 10.3. The van der Waals surface area contributed by atoms with E-state index in [-0.39, 0.29) is 12.0 Å². The quantitative estimate of drug-likeness (QED) is 0.854. The Morgan fingerprint density at radius 2 is 2.27 bits per heavy atom. The van der Waals surface area contributed by atoms with Crippen LogP contribution in [0, 0.1) is 5.41 Å². The van der Waals surface area contributed by atoms with E-state index in [1.807, 2.05) is 6.92 Å². The summed E-state index contributed by atoms with van der Waals surface area (Å²) in [7, 11) is 0. The molecule has 0 bridgehead atoms. The van der Waals surface area contributed by atoms with Crippen molar-refractivity contribution >= 4 is 5.82 Å². The second-order valence-electron chi connectivity index (χ2n) is 7.34. The Labute approximate surface area is 153 Å². The van der Waals surface area contributed by atoms with Crippen molar-refractivity contribution in [1.82, 2.24) is 25.0 Å². The Morgan fingerprint density at radius 3 is 3.00 bits per heavy atom. The summed E-state index contributed by atoms with van der Waals surface area (Å²) in [5, 5.41) is 14.4. The van der Waals surface area contributed by atoms with Crippen LogP contribution < -0.4 is 4.90 Å². The minimum absolute atomic E-state index is 0.147. The van der Waals surface area contributed by atoms with Gasteiger partial charge >= 0.3 is 0 Å². The summed E-state index contributed by atoms with van der Waals surface area (Å²) in [5.74, 6) is 2.32. The maximum atomic E-state index is 10.3. The number of aromatic nitrogens is 4. The average molecular weight is 358 g/mol. The average Bonchev–Trinajstić information content (AvgIpc) is 3.16. The molecule has 2 fully saturated rings. The molecular formula is C18H26N6O2. The van der Waals surface area contributed by atoms with Crippen LogP contribution in [0.5, 0.6) is 0 Å². The van der Waals surface area contributed by atoms with Gasteiger partial charge in [-0.3, -0.25) is 9.88 Å². The predicted molar refractivity (Wildman–Crippen MR) is 95.5 cm³/mol. The van der Waals surface area contributed by atoms with Crippen LogP contribution in [-0.2, 0) is 13.0 Å². The number of aliphatic hydroxyl groups is 1. The molecule has 2 atom stereocenters. The summed E-state index contributed by atoms with van der Waals surface area (Å²) in [6.07, 6.45) is 9.03. The van der Waals surface area contributed by atoms with Crippen molar-refractivity contribution in [2.24, 2.45) is 5.41 Å². The molecule has 2 aliphatic rings. The van der Waals surface area contributed by atoms with Crippen LogP contribution in [0.1, 0.15) is 37.9 Å². The fourth-order valence-corrected chi connectivity index (χ4v) is 4.51. The Bertz CT molecular complexity index is 723. The normalized spacial score (nSPS) is 26.7. The van der Waals surface area contributed by atoms with Gasteiger partial charge in [-0.05, 0) is 25.8 Å². The highest BCUT2D eigenvalue weighted by Gasteiger charge is 2.48. The molecule has 1 N–H and O–H groups in total. The number of hydrogen-bond acceptors (Lipinski definition) is 8. The third kappa shape index (κ3) is 3.19. The summed E-state index contributed by atoms with van der Waals surface area (Å²) >= 11 is 0. The number of aryl methyl sites for hydroxylation is 1. The lowest BCUT2D eigenvalue weighted by atomic mass is 9.69. The molecule has 0 unspecified atom stereocenters. The number of hydrogen-bond donors (Lipinski definition) is 1. The van der Waals surface area contributed by atoms with Crippen molar-refractivity contribution in [1.29, 1.82) is 0 Å². The van der Waals surface area contributed by atoms with E-state index in [9.17, 15) is 5.11 Å². The largest absolute Gasteiger partial charge is 0.396 e. The predicted octanol–water partition coefficient (Wildman–Crippen LogP) is 1.28. The number of anilines is 1. The Morgan fingerprint density at radius 1 is 1.35 bits per heavy atom. The highest BCUT2D eigenvalue weighted by molar-refractivity contribution is 5.37. The highest BCUT2D eigenvalue weighted by Crippen LogP contribution is 2.42. The molecule has 8 nitrogen and oxygen atoms in total. The van der Waals surface area contributed by atoms with Gasteiger partial charge < -0.3 is 14.5 Å². The van der Waals surface area contributed by atoms with Crippen LogP contribution in [-0.4, -0.2) is 62.4 Å². The second-order valence-corrected chi connectivity index (χ2v) is 7.34. The van der Waals surface area contributed by atoms with Crippen LogP contribution in [0.25, 0.3) is 0 Å². The molecule has 26 heavy (non-hydrogen) atoms. The van der Waals surface area contributed by atoms with Gasteiger partial charge in [0, 0.05) is 43.4 Å². The third-order valence-corrected chi connectivity index (χ3v) is 5.79. The number of rotatable bonds is 5. The van der Waals surface area contributed by atoms with Gasteiger partial charge in [0.05, 0.1) is 19.3 Å². The first-order valence-corrected chi connectivity index (χ1v) is 9.41. The maximum Gasteiger partial charge on any atom is 0.226 e. The molecule has 2 saturated heterocycles. The molecule has 140 valence electrons. The molecule has 4 heterocycles. The smallest absolute Gasteiger partial charge is 0.226 e. The van der Waals surface area contributed by atoms with Crippen molar-refractivity contribution in [3.8, 4) is 0 Å². The van der Waals surface area contributed by atoms with Gasteiger partial charge in [0.15, 0.2) is 5.82 Å². The Kier molecular flexibility index (Phi) is 4.86. The summed E-state index contributed by atoms with van der Waals surface area (Å²) in [5.41, 5.74) is -0.147. The van der Waals surface area contributed by atoms with Gasteiger partial charge in [0.2, 0.25) is 5.89 Å². The summed E-state index contributed by atoms with van der Waals surface area (Å²) in [6, 6.07) is 0.317. The van der Waals surface area contributed by atoms with E-state index in [1.165, 1.54) is 0 Å². The van der Waals surface area contributed by atoms with Gasteiger partial charge in [-0.1, -0.05) is 12.1 Å². The molecule has 0 aromatic carbocycles. The lowest BCUT2D eigenvalue weighted by molar-refractivity contribution is -0.0413. The van der Waals surface area contributed by atoms with E-state index in [4.69, 9.17) is 4.52 Å². The lowest BCUT2D eigenvalue weighted by Gasteiger charge is -2.54. The molecule has 2 aliphatic heterocycles. The van der Waals surface area contributed by atoms with E-state index in [1.54, 1.807) is 18.6 Å². The van der Waals surface area contributed by atoms with Crippen molar-refractivity contribution < 1.29 is 9.63 Å². The van der Waals surface area contributed by atoms with Crippen molar-refractivity contribution in [3.05, 3.63) is 30.3 Å². The van der Waals surface area contributed by atoms with Crippen molar-refractivity contribution in [2.45, 2.75) is 45.2 Å². The Balaban J connectivity index is 1.52. The number of nitrogens with zero attached hydrogens (tertiary/aromatic N) is 6. The number of aliphatic hydroxyl groups excluding tert-OH is 1. The summed E-state index contributed by atoms with van der Waals surface area (Å²) < 4.78 is 5.26. The standard InChI is InChI=1S/C18H26N6O2/c1-2-17-21-15(22-26-17)11-23-8-3-5-18(13-25)12-24(9-4-14(18)23)16-10-19-6-7-20-16/h6-7,10,14,25H,2-5,8-9,11-13H2,1H3/t14-,18-/m0/s1.